The van der Waals surface area contributed by atoms with Crippen LogP contribution in [0.4, 0.5) is 11.4 Å². The van der Waals surface area contributed by atoms with E-state index >= 15 is 0 Å². The van der Waals surface area contributed by atoms with Gasteiger partial charge in [-0.15, -0.1) is 0 Å². The van der Waals surface area contributed by atoms with Crippen LogP contribution in [0.15, 0.2) is 48.5 Å². The number of nitrogens with zero attached hydrogens (tertiary/aromatic N) is 1. The van der Waals surface area contributed by atoms with Crippen LogP contribution in [0.1, 0.15) is 11.1 Å². The van der Waals surface area contributed by atoms with E-state index in [0.29, 0.717) is 0 Å². The first-order valence-electron chi connectivity index (χ1n) is 5.89. The average molecular weight is 288 g/mol. The number of para-hydroxylation sites is 2. The van der Waals surface area contributed by atoms with Gasteiger partial charge >= 0.3 is 0 Å². The van der Waals surface area contributed by atoms with Crippen molar-refractivity contribution in [1.82, 2.24) is 0 Å². The summed E-state index contributed by atoms with van der Waals surface area (Å²) in [7, 11) is 0. The monoisotopic (exact) mass is 287 g/mol. The molecule has 0 bridgehead atoms. The van der Waals surface area contributed by atoms with E-state index in [4.69, 9.17) is 0 Å². The Hall–Kier alpha value is -1.28. The van der Waals surface area contributed by atoms with Gasteiger partial charge in [-0.3, -0.25) is 0 Å². The van der Waals surface area contributed by atoms with Crippen molar-refractivity contribution < 1.29 is 0 Å². The molecule has 0 N–H and O–H groups in total. The molecule has 1 heterocycles. The molecule has 0 atom stereocenters. The second kappa shape index (κ2) is 4.53. The van der Waals surface area contributed by atoms with Crippen LogP contribution in [0.25, 0.3) is 0 Å². The molecule has 1 aliphatic heterocycles. The fourth-order valence-electron chi connectivity index (χ4n) is 2.48. The Balaban J connectivity index is 2.07. The van der Waals surface area contributed by atoms with Gasteiger partial charge in [0, 0.05) is 23.2 Å². The molecule has 0 spiro atoms. The third-order valence-corrected chi connectivity index (χ3v) is 3.92. The quantitative estimate of drug-likeness (QED) is 0.746. The fraction of sp³-hybridized carbons (Fsp3) is 0.200. The summed E-state index contributed by atoms with van der Waals surface area (Å²) < 4.78 is 0. The van der Waals surface area contributed by atoms with Crippen molar-refractivity contribution in [3.05, 3.63) is 59.7 Å². The van der Waals surface area contributed by atoms with Gasteiger partial charge in [0.2, 0.25) is 0 Å². The van der Waals surface area contributed by atoms with Crippen molar-refractivity contribution in [1.29, 1.82) is 0 Å². The van der Waals surface area contributed by atoms with Crippen molar-refractivity contribution in [3.8, 4) is 0 Å². The van der Waals surface area contributed by atoms with E-state index in [-0.39, 0.29) is 0 Å². The second-order valence-electron chi connectivity index (χ2n) is 4.29. The van der Waals surface area contributed by atoms with Crippen LogP contribution in [0.3, 0.4) is 0 Å². The molecule has 0 saturated heterocycles. The zero-order valence-corrected chi connectivity index (χ0v) is 11.2. The molecule has 2 aromatic carbocycles. The van der Waals surface area contributed by atoms with Crippen LogP contribution in [-0.4, -0.2) is 6.54 Å². The second-order valence-corrected chi connectivity index (χ2v) is 4.85. The lowest BCUT2D eigenvalue weighted by molar-refractivity contribution is 0.992. The maximum absolute atomic E-state index is 3.57. The summed E-state index contributed by atoms with van der Waals surface area (Å²) in [5.74, 6) is 0. The van der Waals surface area contributed by atoms with Crippen molar-refractivity contribution >= 4 is 27.3 Å². The van der Waals surface area contributed by atoms with E-state index in [1.165, 1.54) is 22.5 Å². The molecule has 1 aliphatic rings. The van der Waals surface area contributed by atoms with Gasteiger partial charge in [0.1, 0.15) is 0 Å². The van der Waals surface area contributed by atoms with Crippen LogP contribution < -0.4 is 4.90 Å². The van der Waals surface area contributed by atoms with Gasteiger partial charge in [0.05, 0.1) is 0 Å². The van der Waals surface area contributed by atoms with Crippen LogP contribution in [-0.2, 0) is 11.8 Å². The van der Waals surface area contributed by atoms with Crippen LogP contribution in [0.5, 0.6) is 0 Å². The number of benzene rings is 2. The Labute approximate surface area is 110 Å². The number of fused-ring (bicyclic) bond motifs is 1. The Morgan fingerprint density at radius 1 is 0.941 bits per heavy atom. The molecule has 0 fully saturated rings. The van der Waals surface area contributed by atoms with Gasteiger partial charge in [-0.1, -0.05) is 52.3 Å². The van der Waals surface area contributed by atoms with Gasteiger partial charge in [0.25, 0.3) is 0 Å². The molecule has 1 nitrogen and oxygen atoms in total. The number of anilines is 2. The number of hydrogen-bond acceptors (Lipinski definition) is 1. The number of halogens is 1. The Morgan fingerprint density at radius 3 is 2.47 bits per heavy atom. The zero-order valence-electron chi connectivity index (χ0n) is 9.57. The summed E-state index contributed by atoms with van der Waals surface area (Å²) in [4.78, 5) is 2.42. The molecule has 2 aromatic rings. The molecular formula is C15H14BrN. The normalized spacial score (nSPS) is 13.8. The van der Waals surface area contributed by atoms with Crippen molar-refractivity contribution in [2.75, 3.05) is 11.4 Å². The molecule has 0 aromatic heterocycles. The maximum Gasteiger partial charge on any atom is 0.0452 e. The molecule has 86 valence electrons. The highest BCUT2D eigenvalue weighted by Crippen LogP contribution is 2.36. The van der Waals surface area contributed by atoms with Crippen LogP contribution in [0, 0.1) is 0 Å². The van der Waals surface area contributed by atoms with E-state index in [9.17, 15) is 0 Å². The Kier molecular flexibility index (Phi) is 2.89. The molecule has 3 rings (SSSR count). The van der Waals surface area contributed by atoms with Gasteiger partial charge in [-0.25, -0.2) is 0 Å². The number of rotatable bonds is 2. The minimum Gasteiger partial charge on any atom is -0.341 e. The Morgan fingerprint density at radius 2 is 1.65 bits per heavy atom. The van der Waals surface area contributed by atoms with Crippen molar-refractivity contribution in [2.24, 2.45) is 0 Å². The van der Waals surface area contributed by atoms with E-state index in [1.54, 1.807) is 0 Å². The summed E-state index contributed by atoms with van der Waals surface area (Å²) in [6.45, 7) is 1.09. The summed E-state index contributed by atoms with van der Waals surface area (Å²) in [5.41, 5.74) is 5.50. The molecule has 0 amide bonds. The minimum atomic E-state index is 0.905. The van der Waals surface area contributed by atoms with E-state index in [2.05, 4.69) is 69.4 Å². The van der Waals surface area contributed by atoms with Crippen molar-refractivity contribution in [2.45, 2.75) is 11.8 Å². The highest BCUT2D eigenvalue weighted by molar-refractivity contribution is 9.08. The summed E-state index contributed by atoms with van der Waals surface area (Å²) in [6, 6.07) is 17.3. The fourth-order valence-corrected chi connectivity index (χ4v) is 2.95. The highest BCUT2D eigenvalue weighted by Gasteiger charge is 2.20. The molecule has 2 heteroatoms. The molecule has 0 aliphatic carbocycles. The SMILES string of the molecule is BrCc1ccccc1N1CCc2ccccc21. The summed E-state index contributed by atoms with van der Waals surface area (Å²) in [5, 5.41) is 0.905. The van der Waals surface area contributed by atoms with Gasteiger partial charge in [-0.2, -0.15) is 0 Å². The smallest absolute Gasteiger partial charge is 0.0452 e. The van der Waals surface area contributed by atoms with Gasteiger partial charge in [-0.05, 0) is 29.7 Å². The predicted molar refractivity (Wildman–Crippen MR) is 76.2 cm³/mol. The standard InChI is InChI=1S/C15H14BrN/c16-11-13-6-2-4-8-15(13)17-10-9-12-5-1-3-7-14(12)17/h1-8H,9-11H2. The first-order chi connectivity index (χ1) is 8.40. The first kappa shape index (κ1) is 10.8. The predicted octanol–water partition coefficient (Wildman–Crippen LogP) is 4.28. The highest BCUT2D eigenvalue weighted by atomic mass is 79.9. The molecule has 17 heavy (non-hydrogen) atoms. The van der Waals surface area contributed by atoms with Gasteiger partial charge in [0.15, 0.2) is 0 Å². The third kappa shape index (κ3) is 1.87. The van der Waals surface area contributed by atoms with E-state index < -0.39 is 0 Å². The maximum atomic E-state index is 3.57. The minimum absolute atomic E-state index is 0.905. The molecule has 0 radical (unpaired) electrons. The number of alkyl halides is 1. The molecule has 0 unspecified atom stereocenters. The largest absolute Gasteiger partial charge is 0.341 e. The van der Waals surface area contributed by atoms with Crippen LogP contribution >= 0.6 is 15.9 Å². The average Bonchev–Trinajstić information content (AvgIpc) is 2.82. The van der Waals surface area contributed by atoms with Crippen LogP contribution in [0.2, 0.25) is 0 Å². The topological polar surface area (TPSA) is 3.24 Å². The van der Waals surface area contributed by atoms with E-state index in [0.717, 1.165) is 18.3 Å². The molecule has 0 saturated carbocycles. The lowest BCUT2D eigenvalue weighted by Gasteiger charge is -2.22. The molecular weight excluding hydrogens is 274 g/mol. The summed E-state index contributed by atoms with van der Waals surface area (Å²) in [6.07, 6.45) is 1.15. The summed E-state index contributed by atoms with van der Waals surface area (Å²) >= 11 is 3.57. The first-order valence-corrected chi connectivity index (χ1v) is 7.01. The van der Waals surface area contributed by atoms with Crippen molar-refractivity contribution in [3.63, 3.8) is 0 Å². The lowest BCUT2D eigenvalue weighted by Crippen LogP contribution is -2.14. The zero-order chi connectivity index (χ0) is 11.7. The van der Waals surface area contributed by atoms with E-state index in [1.807, 2.05) is 0 Å². The Bertz CT molecular complexity index is 536. The lowest BCUT2D eigenvalue weighted by atomic mass is 10.1. The number of hydrogen-bond donors (Lipinski definition) is 0. The van der Waals surface area contributed by atoms with Gasteiger partial charge < -0.3 is 4.90 Å². The third-order valence-electron chi connectivity index (χ3n) is 3.31.